The minimum atomic E-state index is -1.23. The molecule has 110 valence electrons. The molecule has 0 unspecified atom stereocenters. The highest BCUT2D eigenvalue weighted by Gasteiger charge is 2.22. The van der Waals surface area contributed by atoms with Gasteiger partial charge in [0.2, 0.25) is 0 Å². The first kappa shape index (κ1) is 14.8. The summed E-state index contributed by atoms with van der Waals surface area (Å²) in [6.45, 7) is 4.11. The van der Waals surface area contributed by atoms with Gasteiger partial charge in [0.25, 0.3) is 5.91 Å². The molecule has 0 aliphatic carbocycles. The second-order valence-corrected chi connectivity index (χ2v) is 4.65. The number of benzene rings is 1. The van der Waals surface area contributed by atoms with E-state index in [2.05, 4.69) is 12.0 Å². The molecule has 1 aromatic carbocycles. The summed E-state index contributed by atoms with van der Waals surface area (Å²) >= 11 is 0. The molecule has 6 heteroatoms. The molecule has 1 heterocycles. The average Bonchev–Trinajstić information content (AvgIpc) is 2.91. The highest BCUT2D eigenvalue weighted by atomic mass is 16.4. The fraction of sp³-hybridized carbons (Fsp3) is 0.267. The van der Waals surface area contributed by atoms with Gasteiger partial charge < -0.3 is 10.8 Å². The molecular weight excluding hydrogens is 270 g/mol. The van der Waals surface area contributed by atoms with Crippen LogP contribution in [-0.2, 0) is 12.8 Å². The molecule has 0 bridgehead atoms. The summed E-state index contributed by atoms with van der Waals surface area (Å²) in [5.74, 6) is -2.04. The van der Waals surface area contributed by atoms with E-state index in [1.807, 2.05) is 25.1 Å². The molecule has 21 heavy (non-hydrogen) atoms. The Kier molecular flexibility index (Phi) is 4.07. The monoisotopic (exact) mass is 287 g/mol. The van der Waals surface area contributed by atoms with Crippen molar-refractivity contribution < 1.29 is 14.7 Å². The lowest BCUT2D eigenvalue weighted by Crippen LogP contribution is -2.20. The largest absolute Gasteiger partial charge is 0.478 e. The fourth-order valence-corrected chi connectivity index (χ4v) is 2.36. The van der Waals surface area contributed by atoms with E-state index in [9.17, 15) is 9.59 Å². The first-order chi connectivity index (χ1) is 9.99. The van der Waals surface area contributed by atoms with Crippen molar-refractivity contribution in [1.82, 2.24) is 9.78 Å². The molecular formula is C15H17N3O3. The van der Waals surface area contributed by atoms with E-state index in [-0.39, 0.29) is 11.3 Å². The topological polar surface area (TPSA) is 98.2 Å². The molecule has 6 nitrogen and oxygen atoms in total. The number of primary amides is 1. The number of nitrogens with two attached hydrogens (primary N) is 1. The van der Waals surface area contributed by atoms with Gasteiger partial charge in [-0.15, -0.1) is 0 Å². The number of carboxylic acid groups (broad SMARTS) is 1. The summed E-state index contributed by atoms with van der Waals surface area (Å²) < 4.78 is 1.28. The van der Waals surface area contributed by atoms with E-state index in [0.717, 1.165) is 24.6 Å². The van der Waals surface area contributed by atoms with Gasteiger partial charge in [-0.1, -0.05) is 19.9 Å². The maximum Gasteiger partial charge on any atom is 0.339 e. The Morgan fingerprint density at radius 3 is 2.43 bits per heavy atom. The number of rotatable bonds is 5. The standard InChI is InChI=1S/C15H17N3O3/c1-3-9-5-6-11(7-10(9)4-2)18-13(14(16)19)12(8-17-18)15(20)21/h5-8H,3-4H2,1-2H3,(H2,16,19)(H,20,21). The highest BCUT2D eigenvalue weighted by molar-refractivity contribution is 6.03. The molecule has 0 aliphatic rings. The van der Waals surface area contributed by atoms with Crippen molar-refractivity contribution in [1.29, 1.82) is 0 Å². The molecule has 0 saturated heterocycles. The van der Waals surface area contributed by atoms with Crippen molar-refractivity contribution in [3.63, 3.8) is 0 Å². The Morgan fingerprint density at radius 1 is 1.24 bits per heavy atom. The van der Waals surface area contributed by atoms with Crippen LogP contribution in [0.1, 0.15) is 45.8 Å². The number of carbonyl (C=O) groups is 2. The second kappa shape index (κ2) is 5.78. The van der Waals surface area contributed by atoms with Crippen LogP contribution in [0.2, 0.25) is 0 Å². The predicted molar refractivity (Wildman–Crippen MR) is 77.8 cm³/mol. The Labute approximate surface area is 122 Å². The normalized spacial score (nSPS) is 10.6. The minimum Gasteiger partial charge on any atom is -0.478 e. The van der Waals surface area contributed by atoms with Crippen LogP contribution in [0, 0.1) is 0 Å². The van der Waals surface area contributed by atoms with Crippen LogP contribution in [-0.4, -0.2) is 26.8 Å². The lowest BCUT2D eigenvalue weighted by molar-refractivity contribution is 0.0692. The van der Waals surface area contributed by atoms with Gasteiger partial charge in [-0.3, -0.25) is 4.79 Å². The van der Waals surface area contributed by atoms with Gasteiger partial charge in [0, 0.05) is 0 Å². The number of aromatic carboxylic acids is 1. The van der Waals surface area contributed by atoms with Crippen LogP contribution in [0.15, 0.2) is 24.4 Å². The summed E-state index contributed by atoms with van der Waals surface area (Å²) in [5, 5.41) is 13.1. The smallest absolute Gasteiger partial charge is 0.339 e. The van der Waals surface area contributed by atoms with Gasteiger partial charge in [-0.05, 0) is 36.1 Å². The van der Waals surface area contributed by atoms with Crippen LogP contribution < -0.4 is 5.73 Å². The molecule has 0 aliphatic heterocycles. The third-order valence-corrected chi connectivity index (χ3v) is 3.43. The van der Waals surface area contributed by atoms with Crippen molar-refractivity contribution in [2.24, 2.45) is 5.73 Å². The van der Waals surface area contributed by atoms with Gasteiger partial charge in [-0.25, -0.2) is 9.48 Å². The zero-order valence-electron chi connectivity index (χ0n) is 12.0. The number of nitrogens with zero attached hydrogens (tertiary/aromatic N) is 2. The first-order valence-corrected chi connectivity index (χ1v) is 6.72. The van der Waals surface area contributed by atoms with Crippen LogP contribution in [0.5, 0.6) is 0 Å². The molecule has 0 saturated carbocycles. The number of amides is 1. The number of hydrogen-bond acceptors (Lipinski definition) is 3. The third-order valence-electron chi connectivity index (χ3n) is 3.43. The zero-order chi connectivity index (χ0) is 15.6. The lowest BCUT2D eigenvalue weighted by Gasteiger charge is -2.10. The van der Waals surface area contributed by atoms with E-state index in [0.29, 0.717) is 5.69 Å². The third kappa shape index (κ3) is 2.65. The van der Waals surface area contributed by atoms with Gasteiger partial charge in [0.1, 0.15) is 11.3 Å². The number of carboxylic acids is 1. The van der Waals surface area contributed by atoms with Gasteiger partial charge in [0.05, 0.1) is 11.9 Å². The molecule has 0 atom stereocenters. The summed E-state index contributed by atoms with van der Waals surface area (Å²) in [7, 11) is 0. The Morgan fingerprint density at radius 2 is 1.90 bits per heavy atom. The SMILES string of the molecule is CCc1ccc(-n2ncc(C(=O)O)c2C(N)=O)cc1CC. The fourth-order valence-electron chi connectivity index (χ4n) is 2.36. The summed E-state index contributed by atoms with van der Waals surface area (Å²) in [6, 6.07) is 5.67. The summed E-state index contributed by atoms with van der Waals surface area (Å²) in [6.07, 6.45) is 2.89. The van der Waals surface area contributed by atoms with E-state index in [1.54, 1.807) is 0 Å². The van der Waals surface area contributed by atoms with E-state index < -0.39 is 11.9 Å². The van der Waals surface area contributed by atoms with Crippen LogP contribution >= 0.6 is 0 Å². The van der Waals surface area contributed by atoms with E-state index >= 15 is 0 Å². The molecule has 2 rings (SSSR count). The quantitative estimate of drug-likeness (QED) is 0.875. The lowest BCUT2D eigenvalue weighted by atomic mass is 10.0. The number of aryl methyl sites for hydroxylation is 2. The van der Waals surface area contributed by atoms with E-state index in [1.165, 1.54) is 10.2 Å². The van der Waals surface area contributed by atoms with Crippen molar-refractivity contribution in [3.8, 4) is 5.69 Å². The summed E-state index contributed by atoms with van der Waals surface area (Å²) in [5.41, 5.74) is 7.97. The van der Waals surface area contributed by atoms with Crippen LogP contribution in [0.3, 0.4) is 0 Å². The molecule has 3 N–H and O–H groups in total. The van der Waals surface area contributed by atoms with Crippen LogP contribution in [0.4, 0.5) is 0 Å². The predicted octanol–water partition coefficient (Wildman–Crippen LogP) is 1.79. The molecule has 0 spiro atoms. The number of hydrogen-bond donors (Lipinski definition) is 2. The van der Waals surface area contributed by atoms with Gasteiger partial charge in [-0.2, -0.15) is 5.10 Å². The molecule has 0 radical (unpaired) electrons. The van der Waals surface area contributed by atoms with Gasteiger partial charge >= 0.3 is 5.97 Å². The number of carbonyl (C=O) groups excluding carboxylic acids is 1. The highest BCUT2D eigenvalue weighted by Crippen LogP contribution is 2.19. The van der Waals surface area contributed by atoms with Gasteiger partial charge in [0.15, 0.2) is 0 Å². The average molecular weight is 287 g/mol. The number of aromatic nitrogens is 2. The maximum absolute atomic E-state index is 11.6. The molecule has 0 fully saturated rings. The Bertz CT molecular complexity index is 704. The first-order valence-electron chi connectivity index (χ1n) is 6.72. The maximum atomic E-state index is 11.6. The Balaban J connectivity index is 2.62. The van der Waals surface area contributed by atoms with Crippen molar-refractivity contribution in [2.75, 3.05) is 0 Å². The minimum absolute atomic E-state index is 0.117. The molecule has 1 amide bonds. The molecule has 1 aromatic heterocycles. The van der Waals surface area contributed by atoms with Crippen molar-refractivity contribution in [2.45, 2.75) is 26.7 Å². The summed E-state index contributed by atoms with van der Waals surface area (Å²) in [4.78, 5) is 22.7. The molecule has 2 aromatic rings. The second-order valence-electron chi connectivity index (χ2n) is 4.65. The van der Waals surface area contributed by atoms with Crippen molar-refractivity contribution in [3.05, 3.63) is 46.8 Å². The van der Waals surface area contributed by atoms with Crippen molar-refractivity contribution >= 4 is 11.9 Å². The van der Waals surface area contributed by atoms with E-state index in [4.69, 9.17) is 10.8 Å². The van der Waals surface area contributed by atoms with Crippen LogP contribution in [0.25, 0.3) is 5.69 Å². The Hall–Kier alpha value is -2.63. The zero-order valence-corrected chi connectivity index (χ0v) is 12.0.